The van der Waals surface area contributed by atoms with Gasteiger partial charge in [0, 0.05) is 16.2 Å². The molecule has 0 N–H and O–H groups in total. The van der Waals surface area contributed by atoms with E-state index in [0.29, 0.717) is 17.0 Å². The van der Waals surface area contributed by atoms with Crippen LogP contribution < -0.4 is 0 Å². The van der Waals surface area contributed by atoms with Gasteiger partial charge in [0.1, 0.15) is 0 Å². The fraction of sp³-hybridized carbons (Fsp3) is 0.200. The maximum absolute atomic E-state index is 11.3. The third kappa shape index (κ3) is 2.48. The first kappa shape index (κ1) is 12.1. The molecule has 1 aromatic heterocycles. The lowest BCUT2D eigenvalue weighted by atomic mass is 10.1. The molecule has 0 bridgehead atoms. The molecule has 0 fully saturated rings. The van der Waals surface area contributed by atoms with Crippen molar-refractivity contribution in [1.82, 2.24) is 10.1 Å². The Morgan fingerprint density at radius 2 is 2.00 bits per heavy atom. The van der Waals surface area contributed by atoms with E-state index in [2.05, 4.69) is 10.1 Å². The minimum atomic E-state index is -3.77. The average molecular weight is 273 g/mol. The molecule has 2 rings (SSSR count). The molecule has 5 nitrogen and oxygen atoms in total. The van der Waals surface area contributed by atoms with E-state index in [4.69, 9.17) is 15.2 Å². The molecule has 17 heavy (non-hydrogen) atoms. The van der Waals surface area contributed by atoms with Gasteiger partial charge >= 0.3 is 0 Å². The van der Waals surface area contributed by atoms with Crippen molar-refractivity contribution < 1.29 is 12.9 Å². The van der Waals surface area contributed by atoms with Crippen molar-refractivity contribution in [2.24, 2.45) is 0 Å². The van der Waals surface area contributed by atoms with Crippen LogP contribution >= 0.6 is 10.7 Å². The van der Waals surface area contributed by atoms with Gasteiger partial charge in [0.2, 0.25) is 0 Å². The van der Waals surface area contributed by atoms with E-state index in [1.54, 1.807) is 26.0 Å². The predicted molar refractivity (Wildman–Crippen MR) is 62.2 cm³/mol. The van der Waals surface area contributed by atoms with Crippen molar-refractivity contribution in [2.75, 3.05) is 0 Å². The van der Waals surface area contributed by atoms with Crippen molar-refractivity contribution in [3.63, 3.8) is 0 Å². The molecule has 0 atom stereocenters. The van der Waals surface area contributed by atoms with E-state index in [1.807, 2.05) is 0 Å². The van der Waals surface area contributed by atoms with E-state index >= 15 is 0 Å². The third-order valence-corrected chi connectivity index (χ3v) is 3.69. The summed E-state index contributed by atoms with van der Waals surface area (Å²) in [5, 5.41) is 3.64. The van der Waals surface area contributed by atoms with Gasteiger partial charge in [-0.15, -0.1) is 0 Å². The molecule has 7 heteroatoms. The topological polar surface area (TPSA) is 73.1 Å². The van der Waals surface area contributed by atoms with Gasteiger partial charge in [-0.1, -0.05) is 11.2 Å². The van der Waals surface area contributed by atoms with Crippen molar-refractivity contribution in [1.29, 1.82) is 0 Å². The first-order chi connectivity index (χ1) is 7.88. The second-order valence-corrected chi connectivity index (χ2v) is 6.10. The summed E-state index contributed by atoms with van der Waals surface area (Å²) >= 11 is 0. The molecule has 2 aromatic rings. The molecule has 0 spiro atoms. The largest absolute Gasteiger partial charge is 0.334 e. The number of hydrogen-bond acceptors (Lipinski definition) is 5. The number of hydrogen-bond donors (Lipinski definition) is 0. The van der Waals surface area contributed by atoms with Crippen LogP contribution in [0.1, 0.15) is 11.4 Å². The highest BCUT2D eigenvalue weighted by Gasteiger charge is 2.16. The molecule has 0 aliphatic rings. The van der Waals surface area contributed by atoms with Crippen LogP contribution in [0, 0.1) is 13.8 Å². The zero-order valence-corrected chi connectivity index (χ0v) is 10.7. The Morgan fingerprint density at radius 3 is 2.53 bits per heavy atom. The second-order valence-electron chi connectivity index (χ2n) is 3.56. The molecule has 90 valence electrons. The average Bonchev–Trinajstić information content (AvgIpc) is 2.64. The highest BCUT2D eigenvalue weighted by Crippen LogP contribution is 2.26. The fourth-order valence-electron chi connectivity index (χ4n) is 1.41. The Hall–Kier alpha value is -1.40. The summed E-state index contributed by atoms with van der Waals surface area (Å²) in [6, 6.07) is 4.77. The van der Waals surface area contributed by atoms with Gasteiger partial charge in [-0.05, 0) is 31.5 Å². The van der Waals surface area contributed by atoms with Gasteiger partial charge in [-0.3, -0.25) is 0 Å². The van der Waals surface area contributed by atoms with Gasteiger partial charge in [0.25, 0.3) is 14.9 Å². The zero-order chi connectivity index (χ0) is 12.6. The van der Waals surface area contributed by atoms with Crippen LogP contribution in [0.4, 0.5) is 0 Å². The van der Waals surface area contributed by atoms with Gasteiger partial charge in [-0.2, -0.15) is 4.98 Å². The molecule has 1 heterocycles. The first-order valence-electron chi connectivity index (χ1n) is 4.74. The summed E-state index contributed by atoms with van der Waals surface area (Å²) in [5.41, 5.74) is 1.09. The van der Waals surface area contributed by atoms with Crippen LogP contribution in [0.25, 0.3) is 11.5 Å². The summed E-state index contributed by atoms with van der Waals surface area (Å²) in [4.78, 5) is 4.07. The SMILES string of the molecule is Cc1noc(-c2ccc(C)c(S(=O)(=O)Cl)c2)n1. The molecule has 0 saturated heterocycles. The maximum atomic E-state index is 11.3. The number of aromatic nitrogens is 2. The summed E-state index contributed by atoms with van der Waals surface area (Å²) in [7, 11) is 1.56. The van der Waals surface area contributed by atoms with E-state index < -0.39 is 9.05 Å². The first-order valence-corrected chi connectivity index (χ1v) is 7.05. The fourth-order valence-corrected chi connectivity index (χ4v) is 2.63. The third-order valence-electron chi connectivity index (χ3n) is 2.23. The van der Waals surface area contributed by atoms with E-state index in [9.17, 15) is 8.42 Å². The van der Waals surface area contributed by atoms with Crippen LogP contribution in [-0.2, 0) is 9.05 Å². The number of benzene rings is 1. The molecule has 0 saturated carbocycles. The monoisotopic (exact) mass is 272 g/mol. The lowest BCUT2D eigenvalue weighted by Gasteiger charge is -2.02. The Bertz CT molecular complexity index is 664. The standard InChI is InChI=1S/C10H9ClN2O3S/c1-6-3-4-8(5-9(6)17(11,14)15)10-12-7(2)13-16-10/h3-5H,1-2H3. The van der Waals surface area contributed by atoms with Crippen molar-refractivity contribution in [3.05, 3.63) is 29.6 Å². The normalized spacial score (nSPS) is 11.7. The van der Waals surface area contributed by atoms with Gasteiger partial charge in [-0.25, -0.2) is 8.42 Å². The van der Waals surface area contributed by atoms with Crippen LogP contribution in [0.15, 0.2) is 27.6 Å². The molecule has 0 aliphatic heterocycles. The van der Waals surface area contributed by atoms with E-state index in [-0.39, 0.29) is 10.8 Å². The molecule has 1 aromatic carbocycles. The minimum Gasteiger partial charge on any atom is -0.334 e. The summed E-state index contributed by atoms with van der Waals surface area (Å²) in [6.07, 6.45) is 0. The van der Waals surface area contributed by atoms with Crippen LogP contribution in [0.5, 0.6) is 0 Å². The Morgan fingerprint density at radius 1 is 1.29 bits per heavy atom. The Balaban J connectivity index is 2.59. The Kier molecular flexibility index (Phi) is 2.92. The number of nitrogens with zero attached hydrogens (tertiary/aromatic N) is 2. The zero-order valence-electron chi connectivity index (χ0n) is 9.14. The summed E-state index contributed by atoms with van der Waals surface area (Å²) in [5.74, 6) is 0.750. The van der Waals surface area contributed by atoms with E-state index in [1.165, 1.54) is 6.07 Å². The lowest BCUT2D eigenvalue weighted by molar-refractivity contribution is 0.425. The van der Waals surface area contributed by atoms with Crippen LogP contribution in [0.3, 0.4) is 0 Å². The summed E-state index contributed by atoms with van der Waals surface area (Å²) in [6.45, 7) is 3.35. The number of aryl methyl sites for hydroxylation is 2. The quantitative estimate of drug-likeness (QED) is 0.784. The van der Waals surface area contributed by atoms with Crippen molar-refractivity contribution in [2.45, 2.75) is 18.7 Å². The molecule has 0 radical (unpaired) electrons. The minimum absolute atomic E-state index is 0.0486. The number of halogens is 1. The predicted octanol–water partition coefficient (Wildman–Crippen LogP) is 2.28. The van der Waals surface area contributed by atoms with Gasteiger partial charge < -0.3 is 4.52 Å². The van der Waals surface area contributed by atoms with Crippen molar-refractivity contribution in [3.8, 4) is 11.5 Å². The highest BCUT2D eigenvalue weighted by molar-refractivity contribution is 8.13. The van der Waals surface area contributed by atoms with Crippen LogP contribution in [0.2, 0.25) is 0 Å². The smallest absolute Gasteiger partial charge is 0.261 e. The Labute approximate surface area is 103 Å². The molecule has 0 amide bonds. The maximum Gasteiger partial charge on any atom is 0.261 e. The van der Waals surface area contributed by atoms with Gasteiger partial charge in [0.05, 0.1) is 4.90 Å². The lowest BCUT2D eigenvalue weighted by Crippen LogP contribution is -1.95. The van der Waals surface area contributed by atoms with Gasteiger partial charge in [0.15, 0.2) is 5.82 Å². The van der Waals surface area contributed by atoms with E-state index in [0.717, 1.165) is 0 Å². The second kappa shape index (κ2) is 4.12. The molecule has 0 unspecified atom stereocenters. The highest BCUT2D eigenvalue weighted by atomic mass is 35.7. The number of rotatable bonds is 2. The molecule has 0 aliphatic carbocycles. The summed E-state index contributed by atoms with van der Waals surface area (Å²) < 4.78 is 27.6. The van der Waals surface area contributed by atoms with Crippen LogP contribution in [-0.4, -0.2) is 18.6 Å². The molecular weight excluding hydrogens is 264 g/mol. The molecular formula is C10H9ClN2O3S. The van der Waals surface area contributed by atoms with Crippen molar-refractivity contribution >= 4 is 19.7 Å².